The first-order chi connectivity index (χ1) is 9.19. The fourth-order valence-corrected chi connectivity index (χ4v) is 2.86. The van der Waals surface area contributed by atoms with Crippen LogP contribution in [0.2, 0.25) is 0 Å². The lowest BCUT2D eigenvalue weighted by atomic mass is 10.1. The van der Waals surface area contributed by atoms with Gasteiger partial charge in [-0.2, -0.15) is 0 Å². The number of fused-ring (bicyclic) bond motifs is 1. The van der Waals surface area contributed by atoms with E-state index in [0.717, 1.165) is 21.6 Å². The molecule has 0 fully saturated rings. The number of aryl methyl sites for hydroxylation is 1. The first kappa shape index (κ1) is 11.7. The Bertz CT molecular complexity index is 772. The highest BCUT2D eigenvalue weighted by molar-refractivity contribution is 7.15. The highest BCUT2D eigenvalue weighted by atomic mass is 32.1. The molecule has 3 aromatic rings. The highest BCUT2D eigenvalue weighted by Gasteiger charge is 2.11. The summed E-state index contributed by atoms with van der Waals surface area (Å²) in [5.74, 6) is 0.0836. The summed E-state index contributed by atoms with van der Waals surface area (Å²) in [5.41, 5.74) is 8.06. The molecule has 4 N–H and O–H groups in total. The van der Waals surface area contributed by atoms with Gasteiger partial charge >= 0.3 is 0 Å². The molecule has 0 unspecified atom stereocenters. The van der Waals surface area contributed by atoms with E-state index in [-0.39, 0.29) is 5.84 Å². The molecule has 19 heavy (non-hydrogen) atoms. The zero-order chi connectivity index (χ0) is 13.4. The van der Waals surface area contributed by atoms with Crippen molar-refractivity contribution in [3.63, 3.8) is 0 Å². The highest BCUT2D eigenvalue weighted by Crippen LogP contribution is 2.30. The smallest absolute Gasteiger partial charge is 0.170 e. The molecule has 0 amide bonds. The lowest BCUT2D eigenvalue weighted by Gasteiger charge is -1.98. The van der Waals surface area contributed by atoms with Crippen LogP contribution in [0.1, 0.15) is 10.4 Å². The maximum atomic E-state index is 8.81. The Morgan fingerprint density at radius 2 is 2.26 bits per heavy atom. The molecule has 96 valence electrons. The molecule has 0 aliphatic heterocycles. The van der Waals surface area contributed by atoms with Crippen LogP contribution in [0.25, 0.3) is 21.6 Å². The van der Waals surface area contributed by atoms with Crippen LogP contribution in [0.15, 0.2) is 35.6 Å². The number of nitrogens with zero attached hydrogens (tertiary/aromatic N) is 2. The van der Waals surface area contributed by atoms with Gasteiger partial charge in [0.25, 0.3) is 0 Å². The molecule has 3 aromatic heterocycles. The topological polar surface area (TPSA) is 87.3 Å². The third-order valence-corrected chi connectivity index (χ3v) is 3.96. The van der Waals surface area contributed by atoms with Gasteiger partial charge in [-0.3, -0.25) is 0 Å². The Balaban J connectivity index is 2.21. The van der Waals surface area contributed by atoms with E-state index in [1.165, 1.54) is 4.88 Å². The fraction of sp³-hybridized carbons (Fsp3) is 0.0769. The minimum Gasteiger partial charge on any atom is -0.409 e. The molecule has 0 bridgehead atoms. The van der Waals surface area contributed by atoms with Crippen LogP contribution in [0.4, 0.5) is 0 Å². The van der Waals surface area contributed by atoms with E-state index in [0.29, 0.717) is 5.56 Å². The van der Waals surface area contributed by atoms with E-state index in [1.54, 1.807) is 23.6 Å². The first-order valence-electron chi connectivity index (χ1n) is 5.71. The van der Waals surface area contributed by atoms with Crippen LogP contribution < -0.4 is 5.73 Å². The van der Waals surface area contributed by atoms with Gasteiger partial charge in [0.15, 0.2) is 5.84 Å². The number of nitrogens with one attached hydrogen (secondary N) is 1. The monoisotopic (exact) mass is 272 g/mol. The van der Waals surface area contributed by atoms with E-state index >= 15 is 0 Å². The van der Waals surface area contributed by atoms with E-state index < -0.39 is 0 Å². The minimum absolute atomic E-state index is 0.0836. The molecule has 0 saturated heterocycles. The molecule has 0 atom stereocenters. The molecule has 3 heterocycles. The van der Waals surface area contributed by atoms with Gasteiger partial charge in [-0.15, -0.1) is 11.3 Å². The zero-order valence-corrected chi connectivity index (χ0v) is 11.0. The predicted molar refractivity (Wildman–Crippen MR) is 76.7 cm³/mol. The molecule has 0 aliphatic rings. The van der Waals surface area contributed by atoms with E-state index in [9.17, 15) is 0 Å². The second-order valence-corrected chi connectivity index (χ2v) is 5.49. The van der Waals surface area contributed by atoms with Crippen molar-refractivity contribution in [3.8, 4) is 10.6 Å². The van der Waals surface area contributed by atoms with Crippen LogP contribution in [0.5, 0.6) is 0 Å². The average molecular weight is 272 g/mol. The maximum absolute atomic E-state index is 8.81. The van der Waals surface area contributed by atoms with Gasteiger partial charge in [-0.1, -0.05) is 5.16 Å². The summed E-state index contributed by atoms with van der Waals surface area (Å²) in [6.07, 6.45) is 1.63. The van der Waals surface area contributed by atoms with Crippen molar-refractivity contribution in [2.45, 2.75) is 6.92 Å². The van der Waals surface area contributed by atoms with Crippen molar-refractivity contribution < 1.29 is 5.21 Å². The van der Waals surface area contributed by atoms with Gasteiger partial charge in [-0.05, 0) is 31.2 Å². The van der Waals surface area contributed by atoms with Gasteiger partial charge in [-0.25, -0.2) is 4.98 Å². The summed E-state index contributed by atoms with van der Waals surface area (Å²) < 4.78 is 0. The molecular weight excluding hydrogens is 260 g/mol. The number of thiophene rings is 1. The van der Waals surface area contributed by atoms with Gasteiger partial charge in [0.05, 0.1) is 10.6 Å². The van der Waals surface area contributed by atoms with Gasteiger partial charge in [0, 0.05) is 22.0 Å². The van der Waals surface area contributed by atoms with E-state index in [2.05, 4.69) is 34.2 Å². The largest absolute Gasteiger partial charge is 0.409 e. The zero-order valence-electron chi connectivity index (χ0n) is 10.2. The van der Waals surface area contributed by atoms with Crippen LogP contribution in [0, 0.1) is 6.92 Å². The summed E-state index contributed by atoms with van der Waals surface area (Å²) in [7, 11) is 0. The van der Waals surface area contributed by atoms with Gasteiger partial charge in [0.2, 0.25) is 0 Å². The Labute approximate surface area is 113 Å². The number of rotatable bonds is 2. The van der Waals surface area contributed by atoms with Crippen LogP contribution in [-0.2, 0) is 0 Å². The molecule has 0 aliphatic carbocycles. The minimum atomic E-state index is 0.0836. The number of aromatic nitrogens is 2. The number of hydrogen-bond acceptors (Lipinski definition) is 4. The van der Waals surface area contributed by atoms with Crippen molar-refractivity contribution >= 4 is 28.2 Å². The second-order valence-electron chi connectivity index (χ2n) is 4.20. The first-order valence-corrected chi connectivity index (χ1v) is 6.53. The Kier molecular flexibility index (Phi) is 2.72. The van der Waals surface area contributed by atoms with Crippen molar-refractivity contribution in [2.75, 3.05) is 0 Å². The third-order valence-electron chi connectivity index (χ3n) is 2.92. The van der Waals surface area contributed by atoms with Crippen molar-refractivity contribution in [1.29, 1.82) is 0 Å². The summed E-state index contributed by atoms with van der Waals surface area (Å²) in [4.78, 5) is 9.91. The summed E-state index contributed by atoms with van der Waals surface area (Å²) in [6.45, 7) is 2.07. The second kappa shape index (κ2) is 4.40. The van der Waals surface area contributed by atoms with E-state index in [1.807, 2.05) is 6.07 Å². The molecular formula is C13H12N4OS. The lowest BCUT2D eigenvalue weighted by molar-refractivity contribution is 0.318. The van der Waals surface area contributed by atoms with Crippen molar-refractivity contribution in [3.05, 3.63) is 40.9 Å². The molecule has 3 rings (SSSR count). The quantitative estimate of drug-likeness (QED) is 0.290. The Hall–Kier alpha value is -2.34. The molecule has 0 radical (unpaired) electrons. The average Bonchev–Trinajstić information content (AvgIpc) is 3.02. The fourth-order valence-electron chi connectivity index (χ4n) is 2.02. The normalized spacial score (nSPS) is 12.2. The summed E-state index contributed by atoms with van der Waals surface area (Å²) in [6, 6.07) is 7.84. The van der Waals surface area contributed by atoms with Crippen molar-refractivity contribution in [1.82, 2.24) is 9.97 Å². The molecule has 0 spiro atoms. The number of H-pyrrole nitrogens is 1. The number of nitrogens with two attached hydrogens (primary N) is 1. The molecule has 5 nitrogen and oxygen atoms in total. The third kappa shape index (κ3) is 1.96. The summed E-state index contributed by atoms with van der Waals surface area (Å²) in [5, 5.41) is 12.7. The van der Waals surface area contributed by atoms with Crippen molar-refractivity contribution in [2.24, 2.45) is 10.9 Å². The Morgan fingerprint density at radius 1 is 1.42 bits per heavy atom. The van der Waals surface area contributed by atoms with Crippen LogP contribution in [0.3, 0.4) is 0 Å². The maximum Gasteiger partial charge on any atom is 0.170 e. The van der Waals surface area contributed by atoms with Crippen LogP contribution >= 0.6 is 11.3 Å². The number of aromatic amines is 1. The summed E-state index contributed by atoms with van der Waals surface area (Å²) >= 11 is 1.71. The van der Waals surface area contributed by atoms with Gasteiger partial charge < -0.3 is 15.9 Å². The standard InChI is InChI=1S/C13H12N4OS/c1-7-2-3-11(19-7)10-6-9-8(12(14)17-18)4-5-15-13(9)16-10/h2-6,18H,1H3,(H2,14,17)(H,15,16). The molecule has 0 aromatic carbocycles. The number of hydrogen-bond donors (Lipinski definition) is 3. The predicted octanol–water partition coefficient (Wildman–Crippen LogP) is 2.69. The van der Waals surface area contributed by atoms with Crippen LogP contribution in [-0.4, -0.2) is 21.0 Å². The Morgan fingerprint density at radius 3 is 2.95 bits per heavy atom. The number of pyridine rings is 1. The molecule has 6 heteroatoms. The van der Waals surface area contributed by atoms with Gasteiger partial charge in [0.1, 0.15) is 5.65 Å². The number of amidine groups is 1. The lowest BCUT2D eigenvalue weighted by Crippen LogP contribution is -2.13. The number of oxime groups is 1. The molecule has 0 saturated carbocycles. The SMILES string of the molecule is Cc1ccc(-c2cc3c(C(N)=NO)ccnc3[nH]2)s1. The van der Waals surface area contributed by atoms with E-state index in [4.69, 9.17) is 10.9 Å².